The molecule has 0 radical (unpaired) electrons. The first kappa shape index (κ1) is 14.6. The monoisotopic (exact) mass is 291 g/mol. The van der Waals surface area contributed by atoms with Crippen molar-refractivity contribution >= 4 is 5.91 Å². The number of rotatable bonds is 4. The summed E-state index contributed by atoms with van der Waals surface area (Å²) in [4.78, 5) is 19.2. The Bertz CT molecular complexity index is 472. The molecule has 0 bridgehead atoms. The average Bonchev–Trinajstić information content (AvgIpc) is 3.12. The third kappa shape index (κ3) is 3.30. The van der Waals surface area contributed by atoms with Crippen molar-refractivity contribution in [3.63, 3.8) is 0 Å². The highest BCUT2D eigenvalue weighted by molar-refractivity contribution is 5.94. The Hall–Kier alpha value is -1.33. The summed E-state index contributed by atoms with van der Waals surface area (Å²) in [6.07, 6.45) is 4.33. The van der Waals surface area contributed by atoms with Crippen LogP contribution in [0, 0.1) is 11.8 Å². The summed E-state index contributed by atoms with van der Waals surface area (Å²) >= 11 is 0. The Morgan fingerprint density at radius 3 is 2.86 bits per heavy atom. The summed E-state index contributed by atoms with van der Waals surface area (Å²) in [5, 5.41) is 0. The molecule has 1 amide bonds. The van der Waals surface area contributed by atoms with Crippen LogP contribution < -0.4 is 0 Å². The number of hydrogen-bond acceptors (Lipinski definition) is 4. The zero-order chi connectivity index (χ0) is 14.8. The van der Waals surface area contributed by atoms with E-state index in [0.29, 0.717) is 17.4 Å². The van der Waals surface area contributed by atoms with Gasteiger partial charge in [0.05, 0.1) is 11.8 Å². The summed E-state index contributed by atoms with van der Waals surface area (Å²) in [6, 6.07) is 1.76. The molecule has 0 N–H and O–H groups in total. The highest BCUT2D eigenvalue weighted by Crippen LogP contribution is 2.31. The van der Waals surface area contributed by atoms with E-state index in [2.05, 4.69) is 23.9 Å². The van der Waals surface area contributed by atoms with Gasteiger partial charge >= 0.3 is 0 Å². The van der Waals surface area contributed by atoms with Crippen molar-refractivity contribution in [3.8, 4) is 0 Å². The van der Waals surface area contributed by atoms with Gasteiger partial charge in [-0.2, -0.15) is 0 Å². The summed E-state index contributed by atoms with van der Waals surface area (Å²) in [5.41, 5.74) is 0.679. The second-order valence-corrected chi connectivity index (χ2v) is 6.63. The maximum Gasteiger partial charge on any atom is 0.257 e. The second kappa shape index (κ2) is 6.20. The predicted octanol–water partition coefficient (Wildman–Crippen LogP) is 1.24. The molecule has 0 unspecified atom stereocenters. The van der Waals surface area contributed by atoms with E-state index in [9.17, 15) is 4.79 Å². The molecule has 0 spiro atoms. The van der Waals surface area contributed by atoms with Crippen LogP contribution in [-0.4, -0.2) is 74.0 Å². The van der Waals surface area contributed by atoms with Gasteiger partial charge in [0.25, 0.3) is 5.91 Å². The van der Waals surface area contributed by atoms with Crippen LogP contribution in [0.4, 0.5) is 0 Å². The first-order chi connectivity index (χ1) is 10.1. The van der Waals surface area contributed by atoms with Gasteiger partial charge in [0.2, 0.25) is 0 Å². The molecule has 116 valence electrons. The number of likely N-dealkylation sites (tertiary alicyclic amines) is 2. The topological polar surface area (TPSA) is 39.9 Å². The Morgan fingerprint density at radius 2 is 2.14 bits per heavy atom. The molecule has 0 aromatic carbocycles. The van der Waals surface area contributed by atoms with Gasteiger partial charge in [-0.3, -0.25) is 4.79 Å². The molecule has 3 heterocycles. The van der Waals surface area contributed by atoms with Gasteiger partial charge in [-0.15, -0.1) is 0 Å². The molecule has 21 heavy (non-hydrogen) atoms. The number of carbonyl (C=O) groups is 1. The number of amides is 1. The molecule has 1 aromatic heterocycles. The van der Waals surface area contributed by atoms with E-state index >= 15 is 0 Å². The van der Waals surface area contributed by atoms with Crippen LogP contribution in [-0.2, 0) is 0 Å². The van der Waals surface area contributed by atoms with E-state index in [0.717, 1.165) is 32.7 Å². The minimum absolute atomic E-state index is 0.123. The third-order valence-electron chi connectivity index (χ3n) is 4.80. The van der Waals surface area contributed by atoms with Gasteiger partial charge in [0.1, 0.15) is 6.26 Å². The van der Waals surface area contributed by atoms with Crippen LogP contribution >= 0.6 is 0 Å². The number of piperidine rings is 1. The number of carbonyl (C=O) groups excluding carboxylic acids is 1. The lowest BCUT2D eigenvalue weighted by Crippen LogP contribution is -2.42. The summed E-state index contributed by atoms with van der Waals surface area (Å²) in [7, 11) is 4.24. The predicted molar refractivity (Wildman–Crippen MR) is 81.2 cm³/mol. The fourth-order valence-corrected chi connectivity index (χ4v) is 3.52. The van der Waals surface area contributed by atoms with Crippen LogP contribution in [0.15, 0.2) is 23.0 Å². The largest absolute Gasteiger partial charge is 0.472 e. The van der Waals surface area contributed by atoms with Crippen molar-refractivity contribution in [1.29, 1.82) is 0 Å². The molecule has 2 fully saturated rings. The highest BCUT2D eigenvalue weighted by atomic mass is 16.3. The van der Waals surface area contributed by atoms with E-state index in [1.54, 1.807) is 18.6 Å². The van der Waals surface area contributed by atoms with Crippen molar-refractivity contribution in [2.45, 2.75) is 6.42 Å². The molecule has 5 heteroatoms. The van der Waals surface area contributed by atoms with Gasteiger partial charge in [0, 0.05) is 32.7 Å². The second-order valence-electron chi connectivity index (χ2n) is 6.63. The standard InChI is InChI=1S/C16H25N3O2/c1-17(2)6-7-18-5-3-13-10-19(11-15(13)9-18)16(20)14-4-8-21-12-14/h4,8,12-13,15H,3,5-7,9-11H2,1-2H3/t13-,15+/m1/s1. The normalized spacial score (nSPS) is 26.3. The van der Waals surface area contributed by atoms with Crippen molar-refractivity contribution in [2.24, 2.45) is 11.8 Å². The number of fused-ring (bicyclic) bond motifs is 1. The van der Waals surface area contributed by atoms with Crippen LogP contribution in [0.2, 0.25) is 0 Å². The van der Waals surface area contributed by atoms with E-state index in [4.69, 9.17) is 4.42 Å². The van der Waals surface area contributed by atoms with Gasteiger partial charge in [0.15, 0.2) is 0 Å². The molecule has 2 aliphatic heterocycles. The minimum atomic E-state index is 0.123. The summed E-state index contributed by atoms with van der Waals surface area (Å²) in [5.74, 6) is 1.44. The Balaban J connectivity index is 1.55. The van der Waals surface area contributed by atoms with Crippen LogP contribution in [0.3, 0.4) is 0 Å². The van der Waals surface area contributed by atoms with E-state index < -0.39 is 0 Å². The third-order valence-corrected chi connectivity index (χ3v) is 4.80. The van der Waals surface area contributed by atoms with E-state index in [1.165, 1.54) is 13.0 Å². The van der Waals surface area contributed by atoms with Crippen LogP contribution in [0.25, 0.3) is 0 Å². The van der Waals surface area contributed by atoms with E-state index in [1.807, 2.05) is 4.90 Å². The molecule has 2 saturated heterocycles. The molecule has 0 saturated carbocycles. The smallest absolute Gasteiger partial charge is 0.257 e. The molecule has 3 rings (SSSR count). The minimum Gasteiger partial charge on any atom is -0.472 e. The average molecular weight is 291 g/mol. The maximum absolute atomic E-state index is 12.4. The van der Waals surface area contributed by atoms with Crippen molar-refractivity contribution in [3.05, 3.63) is 24.2 Å². The van der Waals surface area contributed by atoms with Gasteiger partial charge in [-0.05, 0) is 45.0 Å². The lowest BCUT2D eigenvalue weighted by molar-refractivity contribution is 0.0783. The fourth-order valence-electron chi connectivity index (χ4n) is 3.52. The van der Waals surface area contributed by atoms with Crippen molar-refractivity contribution < 1.29 is 9.21 Å². The Kier molecular flexibility index (Phi) is 4.31. The molecular weight excluding hydrogens is 266 g/mol. The molecule has 1 aromatic rings. The first-order valence-electron chi connectivity index (χ1n) is 7.82. The van der Waals surface area contributed by atoms with Gasteiger partial charge in [-0.25, -0.2) is 0 Å². The van der Waals surface area contributed by atoms with Gasteiger partial charge < -0.3 is 19.1 Å². The fraction of sp³-hybridized carbons (Fsp3) is 0.688. The SMILES string of the molecule is CN(C)CCN1CC[C@@H]2CN(C(=O)c3ccoc3)C[C@@H]2C1. The molecule has 2 atom stereocenters. The zero-order valence-electron chi connectivity index (χ0n) is 13.0. The molecule has 0 aliphatic carbocycles. The van der Waals surface area contributed by atoms with Crippen molar-refractivity contribution in [2.75, 3.05) is 53.4 Å². The zero-order valence-corrected chi connectivity index (χ0v) is 13.0. The molecule has 2 aliphatic rings. The lowest BCUT2D eigenvalue weighted by Gasteiger charge is -2.34. The first-order valence-corrected chi connectivity index (χ1v) is 7.82. The summed E-state index contributed by atoms with van der Waals surface area (Å²) < 4.78 is 5.02. The Labute approximate surface area is 126 Å². The highest BCUT2D eigenvalue weighted by Gasteiger charge is 2.38. The number of likely N-dealkylation sites (N-methyl/N-ethyl adjacent to an activating group) is 1. The number of furan rings is 1. The quantitative estimate of drug-likeness (QED) is 0.837. The van der Waals surface area contributed by atoms with Crippen LogP contribution in [0.5, 0.6) is 0 Å². The van der Waals surface area contributed by atoms with Gasteiger partial charge in [-0.1, -0.05) is 0 Å². The van der Waals surface area contributed by atoms with E-state index in [-0.39, 0.29) is 5.91 Å². The lowest BCUT2D eigenvalue weighted by atomic mass is 9.89. The number of hydrogen-bond donors (Lipinski definition) is 0. The Morgan fingerprint density at radius 1 is 1.33 bits per heavy atom. The summed E-state index contributed by atoms with van der Waals surface area (Å²) in [6.45, 7) is 6.35. The maximum atomic E-state index is 12.4. The molecule has 5 nitrogen and oxygen atoms in total. The number of nitrogens with zero attached hydrogens (tertiary/aromatic N) is 3. The van der Waals surface area contributed by atoms with Crippen molar-refractivity contribution in [1.82, 2.24) is 14.7 Å². The molecular formula is C16H25N3O2. The van der Waals surface area contributed by atoms with Crippen LogP contribution in [0.1, 0.15) is 16.8 Å².